The van der Waals surface area contributed by atoms with Gasteiger partial charge in [-0.3, -0.25) is 0 Å². The van der Waals surface area contributed by atoms with Crippen LogP contribution in [0.2, 0.25) is 10.0 Å². The number of hydrogen-bond donors (Lipinski definition) is 0. The Labute approximate surface area is 126 Å². The van der Waals surface area contributed by atoms with Gasteiger partial charge in [0.05, 0.1) is 22.2 Å². The van der Waals surface area contributed by atoms with Crippen LogP contribution in [-0.4, -0.2) is 20.2 Å². The number of nitrogens with zero attached hydrogens (tertiary/aromatic N) is 4. The van der Waals surface area contributed by atoms with Crippen molar-refractivity contribution in [1.82, 2.24) is 20.2 Å². The first-order valence-corrected chi connectivity index (χ1v) is 6.67. The van der Waals surface area contributed by atoms with Gasteiger partial charge in [0.25, 0.3) is 0 Å². The van der Waals surface area contributed by atoms with Crippen molar-refractivity contribution in [3.63, 3.8) is 0 Å². The SMILES string of the molecule is Clc1c[c]cc(Cl)c1-c1nnn(Cc2ccccc2)n1. The molecule has 0 saturated carbocycles. The second kappa shape index (κ2) is 5.61. The predicted octanol–water partition coefficient (Wildman–Crippen LogP) is 3.50. The van der Waals surface area contributed by atoms with Crippen molar-refractivity contribution in [2.45, 2.75) is 6.54 Å². The van der Waals surface area contributed by atoms with E-state index in [1.807, 2.05) is 30.3 Å². The van der Waals surface area contributed by atoms with Crippen LogP contribution in [0.1, 0.15) is 5.56 Å². The topological polar surface area (TPSA) is 43.6 Å². The standard InChI is InChI=1S/C14H9Cl2N4/c15-11-7-4-8-12(16)13(11)14-17-19-20(18-14)9-10-5-2-1-3-6-10/h1-3,5-8H,9H2. The van der Waals surface area contributed by atoms with Gasteiger partial charge in [0.1, 0.15) is 0 Å². The number of tetrazole rings is 1. The summed E-state index contributed by atoms with van der Waals surface area (Å²) in [5.41, 5.74) is 1.67. The van der Waals surface area contributed by atoms with Crippen LogP contribution in [0.5, 0.6) is 0 Å². The van der Waals surface area contributed by atoms with E-state index in [0.717, 1.165) is 5.56 Å². The van der Waals surface area contributed by atoms with Crippen LogP contribution in [-0.2, 0) is 6.54 Å². The summed E-state index contributed by atoms with van der Waals surface area (Å²) in [5.74, 6) is 0.407. The Morgan fingerprint density at radius 1 is 1.05 bits per heavy atom. The fourth-order valence-electron chi connectivity index (χ4n) is 1.82. The molecular weight excluding hydrogens is 295 g/mol. The molecule has 3 rings (SSSR count). The molecule has 0 aliphatic heterocycles. The fourth-order valence-corrected chi connectivity index (χ4v) is 2.36. The molecule has 1 radical (unpaired) electrons. The van der Waals surface area contributed by atoms with Gasteiger partial charge in [0.2, 0.25) is 5.82 Å². The molecule has 0 unspecified atom stereocenters. The van der Waals surface area contributed by atoms with Crippen molar-refractivity contribution in [3.8, 4) is 11.4 Å². The molecule has 0 amide bonds. The average Bonchev–Trinajstić information content (AvgIpc) is 2.88. The van der Waals surface area contributed by atoms with E-state index >= 15 is 0 Å². The third kappa shape index (κ3) is 2.66. The van der Waals surface area contributed by atoms with E-state index in [1.165, 1.54) is 4.80 Å². The molecule has 6 heteroatoms. The Hall–Kier alpha value is -1.91. The molecule has 0 N–H and O–H groups in total. The van der Waals surface area contributed by atoms with Crippen LogP contribution in [0.4, 0.5) is 0 Å². The highest BCUT2D eigenvalue weighted by atomic mass is 35.5. The maximum Gasteiger partial charge on any atom is 0.207 e. The summed E-state index contributed by atoms with van der Waals surface area (Å²) < 4.78 is 0. The third-order valence-corrected chi connectivity index (χ3v) is 3.34. The Bertz CT molecular complexity index is 705. The van der Waals surface area contributed by atoms with Crippen molar-refractivity contribution >= 4 is 23.2 Å². The van der Waals surface area contributed by atoms with E-state index in [2.05, 4.69) is 21.5 Å². The second-order valence-electron chi connectivity index (χ2n) is 4.16. The summed E-state index contributed by atoms with van der Waals surface area (Å²) in [6.07, 6.45) is 0. The molecule has 2 aromatic carbocycles. The first-order valence-electron chi connectivity index (χ1n) is 5.91. The van der Waals surface area contributed by atoms with E-state index < -0.39 is 0 Å². The fraction of sp³-hybridized carbons (Fsp3) is 0.0714. The maximum absolute atomic E-state index is 6.10. The lowest BCUT2D eigenvalue weighted by Crippen LogP contribution is -2.03. The van der Waals surface area contributed by atoms with Crippen LogP contribution < -0.4 is 0 Å². The van der Waals surface area contributed by atoms with Gasteiger partial charge >= 0.3 is 0 Å². The number of rotatable bonds is 3. The van der Waals surface area contributed by atoms with Crippen molar-refractivity contribution < 1.29 is 0 Å². The summed E-state index contributed by atoms with van der Waals surface area (Å²) in [6.45, 7) is 0.544. The van der Waals surface area contributed by atoms with Gasteiger partial charge in [-0.25, -0.2) is 0 Å². The Balaban J connectivity index is 1.91. The molecule has 0 spiro atoms. The van der Waals surface area contributed by atoms with Crippen molar-refractivity contribution in [2.75, 3.05) is 0 Å². The van der Waals surface area contributed by atoms with Gasteiger partial charge < -0.3 is 0 Å². The zero-order chi connectivity index (χ0) is 13.9. The van der Waals surface area contributed by atoms with Crippen LogP contribution in [0.25, 0.3) is 11.4 Å². The highest BCUT2D eigenvalue weighted by molar-refractivity contribution is 6.38. The van der Waals surface area contributed by atoms with Gasteiger partial charge in [-0.1, -0.05) is 53.5 Å². The van der Waals surface area contributed by atoms with E-state index in [0.29, 0.717) is 28.0 Å². The largest absolute Gasteiger partial charge is 0.207 e. The zero-order valence-electron chi connectivity index (χ0n) is 10.3. The minimum absolute atomic E-state index is 0.407. The Morgan fingerprint density at radius 2 is 1.75 bits per heavy atom. The van der Waals surface area contributed by atoms with Crippen LogP contribution in [0.15, 0.2) is 42.5 Å². The Morgan fingerprint density at radius 3 is 2.45 bits per heavy atom. The molecular formula is C14H9Cl2N4. The molecule has 3 aromatic rings. The summed E-state index contributed by atoms with van der Waals surface area (Å²) >= 11 is 12.2. The van der Waals surface area contributed by atoms with Gasteiger partial charge in [0, 0.05) is 0 Å². The van der Waals surface area contributed by atoms with E-state index in [-0.39, 0.29) is 0 Å². The van der Waals surface area contributed by atoms with Crippen molar-refractivity contribution in [1.29, 1.82) is 0 Å². The number of aromatic nitrogens is 4. The number of halogens is 2. The summed E-state index contributed by atoms with van der Waals surface area (Å²) in [6, 6.07) is 16.0. The molecule has 0 fully saturated rings. The van der Waals surface area contributed by atoms with E-state index in [9.17, 15) is 0 Å². The van der Waals surface area contributed by atoms with E-state index in [1.54, 1.807) is 12.1 Å². The van der Waals surface area contributed by atoms with Crippen LogP contribution >= 0.6 is 23.2 Å². The quantitative estimate of drug-likeness (QED) is 0.744. The van der Waals surface area contributed by atoms with Crippen LogP contribution in [0.3, 0.4) is 0 Å². The normalized spacial score (nSPS) is 10.7. The van der Waals surface area contributed by atoms with Crippen molar-refractivity contribution in [3.05, 3.63) is 64.1 Å². The molecule has 0 saturated heterocycles. The predicted molar refractivity (Wildman–Crippen MR) is 77.7 cm³/mol. The first-order chi connectivity index (χ1) is 9.74. The number of hydrogen-bond acceptors (Lipinski definition) is 3. The Kier molecular flexibility index (Phi) is 3.67. The molecule has 0 aliphatic rings. The molecule has 0 aliphatic carbocycles. The molecule has 1 heterocycles. The summed E-state index contributed by atoms with van der Waals surface area (Å²) in [4.78, 5) is 1.51. The summed E-state index contributed by atoms with van der Waals surface area (Å²) in [5, 5.41) is 13.2. The lowest BCUT2D eigenvalue weighted by atomic mass is 10.2. The zero-order valence-corrected chi connectivity index (χ0v) is 11.8. The maximum atomic E-state index is 6.10. The van der Waals surface area contributed by atoms with Gasteiger partial charge in [0.15, 0.2) is 0 Å². The first kappa shape index (κ1) is 13.1. The van der Waals surface area contributed by atoms with E-state index in [4.69, 9.17) is 23.2 Å². The minimum Gasteiger partial charge on any atom is -0.159 e. The third-order valence-electron chi connectivity index (χ3n) is 2.74. The molecule has 20 heavy (non-hydrogen) atoms. The lowest BCUT2D eigenvalue weighted by Gasteiger charge is -2.01. The summed E-state index contributed by atoms with van der Waals surface area (Å²) in [7, 11) is 0. The highest BCUT2D eigenvalue weighted by Gasteiger charge is 2.13. The van der Waals surface area contributed by atoms with Gasteiger partial charge in [-0.2, -0.15) is 4.80 Å². The molecule has 4 nitrogen and oxygen atoms in total. The molecule has 0 atom stereocenters. The van der Waals surface area contributed by atoms with Crippen LogP contribution in [0, 0.1) is 6.07 Å². The average molecular weight is 304 g/mol. The smallest absolute Gasteiger partial charge is 0.159 e. The second-order valence-corrected chi connectivity index (χ2v) is 4.97. The monoisotopic (exact) mass is 303 g/mol. The molecule has 1 aromatic heterocycles. The van der Waals surface area contributed by atoms with Gasteiger partial charge in [-0.05, 0) is 29.0 Å². The number of benzene rings is 2. The lowest BCUT2D eigenvalue weighted by molar-refractivity contribution is 0.573. The molecule has 99 valence electrons. The molecule has 0 bridgehead atoms. The van der Waals surface area contributed by atoms with Gasteiger partial charge in [-0.15, -0.1) is 10.2 Å². The minimum atomic E-state index is 0.407. The van der Waals surface area contributed by atoms with Crippen molar-refractivity contribution in [2.24, 2.45) is 0 Å². The highest BCUT2D eigenvalue weighted by Crippen LogP contribution is 2.31.